The molecule has 34 heavy (non-hydrogen) atoms. The molecule has 0 spiro atoms. The summed E-state index contributed by atoms with van der Waals surface area (Å²) in [5.41, 5.74) is 0.426. The van der Waals surface area contributed by atoms with Crippen LogP contribution >= 0.6 is 12.2 Å². The van der Waals surface area contributed by atoms with Gasteiger partial charge in [0.05, 0.1) is 19.6 Å². The Hall–Kier alpha value is -2.68. The number of hydrogen-bond donors (Lipinski definition) is 2. The van der Waals surface area contributed by atoms with Crippen molar-refractivity contribution in [3.63, 3.8) is 0 Å². The molecule has 1 atom stereocenters. The Kier molecular flexibility index (Phi) is 12.4. The average Bonchev–Trinajstić information content (AvgIpc) is 2.83. The summed E-state index contributed by atoms with van der Waals surface area (Å²) in [5.74, 6) is -0.447. The number of benzene rings is 1. The Morgan fingerprint density at radius 2 is 1.76 bits per heavy atom. The number of thiocarbonyl (C=S) groups is 1. The van der Waals surface area contributed by atoms with E-state index in [1.165, 1.54) is 19.3 Å². The predicted molar refractivity (Wildman–Crippen MR) is 135 cm³/mol. The minimum atomic E-state index is -0.816. The molecular formula is C25H37N3O5S. The molecule has 1 aliphatic rings. The fourth-order valence-electron chi connectivity index (χ4n) is 3.55. The van der Waals surface area contributed by atoms with Crippen LogP contribution in [0.2, 0.25) is 0 Å². The van der Waals surface area contributed by atoms with Gasteiger partial charge in [-0.3, -0.25) is 19.7 Å². The smallest absolute Gasteiger partial charge is 0.308 e. The van der Waals surface area contributed by atoms with Crippen molar-refractivity contribution in [3.05, 3.63) is 29.8 Å². The molecule has 188 valence electrons. The van der Waals surface area contributed by atoms with Crippen LogP contribution in [0.15, 0.2) is 24.3 Å². The Labute approximate surface area is 207 Å². The highest BCUT2D eigenvalue weighted by atomic mass is 32.1. The van der Waals surface area contributed by atoms with E-state index in [1.54, 1.807) is 29.2 Å². The summed E-state index contributed by atoms with van der Waals surface area (Å²) in [5, 5.41) is 5.53. The summed E-state index contributed by atoms with van der Waals surface area (Å²) in [7, 11) is 0. The van der Waals surface area contributed by atoms with Crippen LogP contribution in [0.3, 0.4) is 0 Å². The highest BCUT2D eigenvalue weighted by Crippen LogP contribution is 2.15. The number of carbonyl (C=O) groups is 3. The number of piperazine rings is 1. The van der Waals surface area contributed by atoms with Gasteiger partial charge in [0.2, 0.25) is 5.91 Å². The van der Waals surface area contributed by atoms with Gasteiger partial charge < -0.3 is 19.7 Å². The van der Waals surface area contributed by atoms with E-state index in [4.69, 9.17) is 21.7 Å². The van der Waals surface area contributed by atoms with E-state index in [0.29, 0.717) is 37.6 Å². The molecule has 0 radical (unpaired) electrons. The second-order valence-electron chi connectivity index (χ2n) is 8.32. The Morgan fingerprint density at radius 3 is 2.47 bits per heavy atom. The van der Waals surface area contributed by atoms with Crippen LogP contribution in [0.4, 0.5) is 0 Å². The third-order valence-corrected chi connectivity index (χ3v) is 5.90. The van der Waals surface area contributed by atoms with E-state index in [1.807, 2.05) is 6.92 Å². The molecule has 0 aromatic heterocycles. The van der Waals surface area contributed by atoms with Crippen molar-refractivity contribution in [1.29, 1.82) is 0 Å². The van der Waals surface area contributed by atoms with Crippen LogP contribution < -0.4 is 15.4 Å². The van der Waals surface area contributed by atoms with E-state index >= 15 is 0 Å². The molecule has 1 fully saturated rings. The lowest BCUT2D eigenvalue weighted by molar-refractivity contribution is -0.147. The fraction of sp³-hybridized carbons (Fsp3) is 0.600. The average molecular weight is 492 g/mol. The van der Waals surface area contributed by atoms with Gasteiger partial charge in [-0.2, -0.15) is 0 Å². The van der Waals surface area contributed by atoms with E-state index in [-0.39, 0.29) is 23.3 Å². The number of nitrogens with zero attached hydrogens (tertiary/aromatic N) is 1. The molecule has 1 saturated heterocycles. The highest BCUT2D eigenvalue weighted by molar-refractivity contribution is 7.80. The molecule has 1 unspecified atom stereocenters. The number of esters is 1. The van der Waals surface area contributed by atoms with Gasteiger partial charge in [0, 0.05) is 18.7 Å². The van der Waals surface area contributed by atoms with Gasteiger partial charge in [0.1, 0.15) is 11.8 Å². The third kappa shape index (κ3) is 9.29. The van der Waals surface area contributed by atoms with Crippen LogP contribution in [0.25, 0.3) is 0 Å². The van der Waals surface area contributed by atoms with Crippen molar-refractivity contribution >= 4 is 35.1 Å². The number of ether oxygens (including phenoxy) is 2. The normalized spacial score (nSPS) is 15.4. The van der Waals surface area contributed by atoms with Crippen molar-refractivity contribution in [2.75, 3.05) is 26.3 Å². The monoisotopic (exact) mass is 491 g/mol. The molecule has 2 amide bonds. The first-order valence-corrected chi connectivity index (χ1v) is 12.6. The van der Waals surface area contributed by atoms with E-state index < -0.39 is 12.0 Å². The number of carbonyl (C=O) groups excluding carboxylic acids is 3. The summed E-state index contributed by atoms with van der Waals surface area (Å²) in [4.78, 5) is 38.8. The van der Waals surface area contributed by atoms with Gasteiger partial charge in [0.15, 0.2) is 5.11 Å². The molecule has 2 rings (SSSR count). The molecule has 0 saturated carbocycles. The number of hydrogen-bond acceptors (Lipinski definition) is 6. The van der Waals surface area contributed by atoms with Crippen molar-refractivity contribution in [1.82, 2.24) is 15.5 Å². The van der Waals surface area contributed by atoms with Gasteiger partial charge in [-0.15, -0.1) is 0 Å². The van der Waals surface area contributed by atoms with Gasteiger partial charge >= 0.3 is 5.97 Å². The first-order chi connectivity index (χ1) is 16.5. The molecule has 9 heteroatoms. The second-order valence-corrected chi connectivity index (χ2v) is 8.71. The van der Waals surface area contributed by atoms with Gasteiger partial charge in [0.25, 0.3) is 5.91 Å². The van der Waals surface area contributed by atoms with Crippen molar-refractivity contribution in [2.24, 2.45) is 0 Å². The number of rotatable bonds is 13. The molecule has 8 nitrogen and oxygen atoms in total. The maximum Gasteiger partial charge on any atom is 0.308 e. The van der Waals surface area contributed by atoms with Crippen LogP contribution in [-0.2, 0) is 14.3 Å². The fourth-order valence-corrected chi connectivity index (χ4v) is 3.86. The van der Waals surface area contributed by atoms with Crippen LogP contribution in [0, 0.1) is 0 Å². The maximum atomic E-state index is 12.7. The summed E-state index contributed by atoms with van der Waals surface area (Å²) in [6.45, 7) is 5.93. The molecule has 2 N–H and O–H groups in total. The van der Waals surface area contributed by atoms with E-state index in [0.717, 1.165) is 25.7 Å². The lowest BCUT2D eigenvalue weighted by atomic mass is 10.1. The largest absolute Gasteiger partial charge is 0.494 e. The van der Waals surface area contributed by atoms with Gasteiger partial charge in [-0.05, 0) is 49.3 Å². The first-order valence-electron chi connectivity index (χ1n) is 12.2. The van der Waals surface area contributed by atoms with Gasteiger partial charge in [-0.1, -0.05) is 46.0 Å². The van der Waals surface area contributed by atoms with E-state index in [9.17, 15) is 14.4 Å². The van der Waals surface area contributed by atoms with Crippen LogP contribution in [0.5, 0.6) is 5.75 Å². The maximum absolute atomic E-state index is 12.7. The summed E-state index contributed by atoms with van der Waals surface area (Å²) in [6, 6.07) is 6.05. The number of unbranched alkanes of at least 4 members (excludes halogenated alkanes) is 5. The minimum absolute atomic E-state index is 0.110. The quantitative estimate of drug-likeness (QED) is 0.247. The number of amides is 2. The standard InChI is InChI=1S/C25H37N3O5S/c1-3-5-7-8-9-17-32-20-12-10-19(11-13-20)23(30)27-25(34)28-15-14-26-24(31)21(28)18-22(29)33-16-6-4-2/h10-13,21H,3-9,14-18H2,1-2H3,(H,26,31)(H,27,30,34). The summed E-state index contributed by atoms with van der Waals surface area (Å²) in [6.07, 6.45) is 7.39. The van der Waals surface area contributed by atoms with Gasteiger partial charge in [-0.25, -0.2) is 0 Å². The number of nitrogens with one attached hydrogen (secondary N) is 2. The molecule has 1 heterocycles. The molecule has 0 bridgehead atoms. The SMILES string of the molecule is CCCCCCCOc1ccc(C(=O)NC(=S)N2CCNC(=O)C2CC(=O)OCCCC)cc1. The Bertz CT molecular complexity index is 815. The Balaban J connectivity index is 1.87. The molecule has 1 aliphatic heterocycles. The zero-order valence-electron chi connectivity index (χ0n) is 20.3. The summed E-state index contributed by atoms with van der Waals surface area (Å²) >= 11 is 5.40. The van der Waals surface area contributed by atoms with Crippen LogP contribution in [-0.4, -0.2) is 60.1 Å². The third-order valence-electron chi connectivity index (χ3n) is 5.57. The van der Waals surface area contributed by atoms with Crippen molar-refractivity contribution < 1.29 is 23.9 Å². The lowest BCUT2D eigenvalue weighted by Crippen LogP contribution is -2.60. The van der Waals surface area contributed by atoms with E-state index in [2.05, 4.69) is 17.6 Å². The Morgan fingerprint density at radius 1 is 1.06 bits per heavy atom. The molecule has 1 aromatic rings. The van der Waals surface area contributed by atoms with Crippen molar-refractivity contribution in [3.8, 4) is 5.75 Å². The van der Waals surface area contributed by atoms with Crippen LogP contribution in [0.1, 0.15) is 75.6 Å². The molecule has 0 aliphatic carbocycles. The molecular weight excluding hydrogens is 454 g/mol. The zero-order chi connectivity index (χ0) is 24.8. The zero-order valence-corrected chi connectivity index (χ0v) is 21.1. The summed E-state index contributed by atoms with van der Waals surface area (Å²) < 4.78 is 10.9. The lowest BCUT2D eigenvalue weighted by Gasteiger charge is -2.36. The topological polar surface area (TPSA) is 97.0 Å². The van der Waals surface area contributed by atoms with Crippen molar-refractivity contribution in [2.45, 2.75) is 71.3 Å². The highest BCUT2D eigenvalue weighted by Gasteiger charge is 2.34. The predicted octanol–water partition coefficient (Wildman–Crippen LogP) is 3.58. The molecule has 1 aromatic carbocycles. The minimum Gasteiger partial charge on any atom is -0.494 e. The second kappa shape index (κ2) is 15.3. The first kappa shape index (κ1) is 27.6.